The van der Waals surface area contributed by atoms with Crippen LogP contribution in [0.25, 0.3) is 0 Å². The maximum atomic E-state index is 6.05. The first kappa shape index (κ1) is 15.3. The van der Waals surface area contributed by atoms with E-state index < -0.39 is 0 Å². The van der Waals surface area contributed by atoms with E-state index in [-0.39, 0.29) is 0 Å². The Morgan fingerprint density at radius 3 is 2.58 bits per heavy atom. The van der Waals surface area contributed by atoms with E-state index in [9.17, 15) is 0 Å². The lowest BCUT2D eigenvalue weighted by molar-refractivity contribution is 0.559. The standard InChI is InChI=1S/C14H14BrCl2NS/c1-18-10(8-14-11(15)4-5-19-14)6-9-2-3-12(16)13(17)7-9/h2-5,7,10,18H,6,8H2,1H3. The van der Waals surface area contributed by atoms with Crippen LogP contribution in [0, 0.1) is 0 Å². The van der Waals surface area contributed by atoms with Gasteiger partial charge in [0.05, 0.1) is 10.0 Å². The van der Waals surface area contributed by atoms with Gasteiger partial charge in [-0.15, -0.1) is 11.3 Å². The molecule has 2 aromatic rings. The van der Waals surface area contributed by atoms with E-state index in [1.165, 1.54) is 14.9 Å². The minimum atomic E-state index is 0.382. The third kappa shape index (κ3) is 4.20. The lowest BCUT2D eigenvalue weighted by atomic mass is 10.0. The Morgan fingerprint density at radius 1 is 1.21 bits per heavy atom. The molecule has 2 rings (SSSR count). The smallest absolute Gasteiger partial charge is 0.0595 e. The van der Waals surface area contributed by atoms with E-state index >= 15 is 0 Å². The zero-order valence-corrected chi connectivity index (χ0v) is 14.3. The predicted octanol–water partition coefficient (Wildman–Crippen LogP) is 5.19. The normalized spacial score (nSPS) is 12.6. The first-order chi connectivity index (χ1) is 9.10. The van der Waals surface area contributed by atoms with Crippen LogP contribution >= 0.6 is 50.5 Å². The van der Waals surface area contributed by atoms with Crippen molar-refractivity contribution in [1.29, 1.82) is 0 Å². The van der Waals surface area contributed by atoms with Crippen molar-refractivity contribution in [3.8, 4) is 0 Å². The Morgan fingerprint density at radius 2 is 2.00 bits per heavy atom. The van der Waals surface area contributed by atoms with Crippen molar-refractivity contribution in [3.05, 3.63) is 54.6 Å². The van der Waals surface area contributed by atoms with Crippen molar-refractivity contribution in [2.75, 3.05) is 7.05 Å². The quantitative estimate of drug-likeness (QED) is 0.754. The molecule has 5 heteroatoms. The second-order valence-electron chi connectivity index (χ2n) is 4.33. The maximum Gasteiger partial charge on any atom is 0.0595 e. The molecule has 1 N–H and O–H groups in total. The minimum absolute atomic E-state index is 0.382. The molecule has 1 nitrogen and oxygen atoms in total. The summed E-state index contributed by atoms with van der Waals surface area (Å²) in [4.78, 5) is 1.36. The van der Waals surface area contributed by atoms with E-state index in [1.54, 1.807) is 11.3 Å². The molecular weight excluding hydrogens is 365 g/mol. The van der Waals surface area contributed by atoms with Gasteiger partial charge in [-0.25, -0.2) is 0 Å². The summed E-state index contributed by atoms with van der Waals surface area (Å²) in [6, 6.07) is 8.30. The van der Waals surface area contributed by atoms with Gasteiger partial charge in [0.15, 0.2) is 0 Å². The SMILES string of the molecule is CNC(Cc1ccc(Cl)c(Cl)c1)Cc1sccc1Br. The molecule has 1 aromatic heterocycles. The molecule has 0 bridgehead atoms. The molecule has 0 amide bonds. The molecule has 0 spiro atoms. The van der Waals surface area contributed by atoms with Gasteiger partial charge in [0.1, 0.15) is 0 Å². The number of hydrogen-bond acceptors (Lipinski definition) is 2. The van der Waals surface area contributed by atoms with E-state index in [0.717, 1.165) is 12.8 Å². The highest BCUT2D eigenvalue weighted by Crippen LogP contribution is 2.26. The first-order valence-electron chi connectivity index (χ1n) is 5.93. The topological polar surface area (TPSA) is 12.0 Å². The van der Waals surface area contributed by atoms with Crippen molar-refractivity contribution in [1.82, 2.24) is 5.32 Å². The molecule has 1 unspecified atom stereocenters. The van der Waals surface area contributed by atoms with Crippen molar-refractivity contribution in [2.45, 2.75) is 18.9 Å². The third-order valence-electron chi connectivity index (χ3n) is 3.00. The van der Waals surface area contributed by atoms with E-state index in [2.05, 4.69) is 32.7 Å². The summed E-state index contributed by atoms with van der Waals surface area (Å²) in [5.74, 6) is 0. The van der Waals surface area contributed by atoms with Crippen LogP contribution in [0.1, 0.15) is 10.4 Å². The van der Waals surface area contributed by atoms with Crippen molar-refractivity contribution in [2.24, 2.45) is 0 Å². The second kappa shape index (κ2) is 7.09. The van der Waals surface area contributed by atoms with Gasteiger partial charge < -0.3 is 5.32 Å². The summed E-state index contributed by atoms with van der Waals surface area (Å²) in [5, 5.41) is 6.68. The number of likely N-dealkylation sites (N-methyl/N-ethyl adjacent to an activating group) is 1. The van der Waals surface area contributed by atoms with E-state index in [4.69, 9.17) is 23.2 Å². The lowest BCUT2D eigenvalue weighted by Crippen LogP contribution is -2.29. The molecule has 0 aliphatic carbocycles. The highest BCUT2D eigenvalue weighted by Gasteiger charge is 2.12. The first-order valence-corrected chi connectivity index (χ1v) is 8.36. The summed E-state index contributed by atoms with van der Waals surface area (Å²) in [6.45, 7) is 0. The average molecular weight is 379 g/mol. The van der Waals surface area contributed by atoms with Gasteiger partial charge >= 0.3 is 0 Å². The highest BCUT2D eigenvalue weighted by atomic mass is 79.9. The van der Waals surface area contributed by atoms with Crippen LogP contribution in [-0.2, 0) is 12.8 Å². The van der Waals surface area contributed by atoms with Crippen LogP contribution < -0.4 is 5.32 Å². The molecule has 1 aromatic carbocycles. The molecule has 0 aliphatic rings. The van der Waals surface area contributed by atoms with E-state index in [1.807, 2.05) is 25.2 Å². The van der Waals surface area contributed by atoms with Crippen molar-refractivity contribution < 1.29 is 0 Å². The van der Waals surface area contributed by atoms with Crippen LogP contribution in [0.4, 0.5) is 0 Å². The van der Waals surface area contributed by atoms with Gasteiger partial charge in [-0.05, 0) is 65.0 Å². The second-order valence-corrected chi connectivity index (χ2v) is 7.00. The zero-order chi connectivity index (χ0) is 13.8. The van der Waals surface area contributed by atoms with Gasteiger partial charge in [-0.3, -0.25) is 0 Å². The molecule has 0 radical (unpaired) electrons. The van der Waals surface area contributed by atoms with Gasteiger partial charge in [0, 0.05) is 15.4 Å². The zero-order valence-electron chi connectivity index (χ0n) is 10.4. The minimum Gasteiger partial charge on any atom is -0.316 e. The molecule has 0 saturated carbocycles. The van der Waals surface area contributed by atoms with Gasteiger partial charge in [0.25, 0.3) is 0 Å². The van der Waals surface area contributed by atoms with Crippen LogP contribution in [0.15, 0.2) is 34.1 Å². The summed E-state index contributed by atoms with van der Waals surface area (Å²) in [6.07, 6.45) is 1.92. The molecule has 102 valence electrons. The molecule has 0 aliphatic heterocycles. The fourth-order valence-electron chi connectivity index (χ4n) is 1.92. The Balaban J connectivity index is 2.06. The Kier molecular flexibility index (Phi) is 5.72. The summed E-state index contributed by atoms with van der Waals surface area (Å²) in [7, 11) is 1.99. The van der Waals surface area contributed by atoms with Crippen LogP contribution in [0.3, 0.4) is 0 Å². The summed E-state index contributed by atoms with van der Waals surface area (Å²) < 4.78 is 1.19. The highest BCUT2D eigenvalue weighted by molar-refractivity contribution is 9.10. The molecular formula is C14H14BrCl2NS. The van der Waals surface area contributed by atoms with Crippen molar-refractivity contribution >= 4 is 50.5 Å². The molecule has 0 saturated heterocycles. The number of rotatable bonds is 5. The Labute approximate surface area is 136 Å². The van der Waals surface area contributed by atoms with Crippen LogP contribution in [0.2, 0.25) is 10.0 Å². The molecule has 1 heterocycles. The Bertz CT molecular complexity index is 556. The molecule has 0 fully saturated rings. The monoisotopic (exact) mass is 377 g/mol. The Hall–Kier alpha value is -0.0600. The van der Waals surface area contributed by atoms with Gasteiger partial charge in [-0.2, -0.15) is 0 Å². The number of halogens is 3. The fraction of sp³-hybridized carbons (Fsp3) is 0.286. The van der Waals surface area contributed by atoms with Gasteiger partial charge in [-0.1, -0.05) is 29.3 Å². The fourth-order valence-corrected chi connectivity index (χ4v) is 3.84. The number of nitrogens with one attached hydrogen (secondary N) is 1. The number of thiophene rings is 1. The molecule has 1 atom stereocenters. The van der Waals surface area contributed by atoms with E-state index in [0.29, 0.717) is 16.1 Å². The van der Waals surface area contributed by atoms with Crippen LogP contribution in [-0.4, -0.2) is 13.1 Å². The largest absolute Gasteiger partial charge is 0.316 e. The summed E-state index contributed by atoms with van der Waals surface area (Å²) >= 11 is 17.3. The number of hydrogen-bond donors (Lipinski definition) is 1. The average Bonchev–Trinajstić information content (AvgIpc) is 2.78. The van der Waals surface area contributed by atoms with Crippen LogP contribution in [0.5, 0.6) is 0 Å². The van der Waals surface area contributed by atoms with Gasteiger partial charge in [0.2, 0.25) is 0 Å². The number of benzene rings is 1. The maximum absolute atomic E-state index is 6.05. The summed E-state index contributed by atoms with van der Waals surface area (Å²) in [5.41, 5.74) is 1.20. The molecule has 19 heavy (non-hydrogen) atoms. The lowest BCUT2D eigenvalue weighted by Gasteiger charge is -2.16. The predicted molar refractivity (Wildman–Crippen MR) is 88.7 cm³/mol. The van der Waals surface area contributed by atoms with Crippen molar-refractivity contribution in [3.63, 3.8) is 0 Å². The third-order valence-corrected chi connectivity index (χ3v) is 5.68.